The van der Waals surface area contributed by atoms with Gasteiger partial charge >= 0.3 is 0 Å². The van der Waals surface area contributed by atoms with Crippen LogP contribution in [0, 0.1) is 0 Å². The summed E-state index contributed by atoms with van der Waals surface area (Å²) in [5.74, 6) is 0.832. The lowest BCUT2D eigenvalue weighted by atomic mass is 10.0. The Morgan fingerprint density at radius 2 is 2.30 bits per heavy atom. The fraction of sp³-hybridized carbons (Fsp3) is 0.588. The summed E-state index contributed by atoms with van der Waals surface area (Å²) >= 11 is 0. The minimum Gasteiger partial charge on any atom is -0.504 e. The maximum Gasteiger partial charge on any atom is 0.226 e. The molecule has 3 aliphatic heterocycles. The van der Waals surface area contributed by atoms with Crippen molar-refractivity contribution in [1.82, 2.24) is 9.80 Å². The number of carbonyl (C=O) groups is 1. The average Bonchev–Trinajstić information content (AvgIpc) is 3.01. The van der Waals surface area contributed by atoms with Crippen molar-refractivity contribution in [2.75, 3.05) is 26.8 Å². The average molecular weight is 318 g/mol. The number of hydrogen-bond acceptors (Lipinski definition) is 5. The summed E-state index contributed by atoms with van der Waals surface area (Å²) < 4.78 is 11.2. The second-order valence-electron chi connectivity index (χ2n) is 6.54. The van der Waals surface area contributed by atoms with Crippen LogP contribution in [0.5, 0.6) is 11.5 Å². The number of phenolic OH excluding ortho intramolecular Hbond substituents is 1. The van der Waals surface area contributed by atoms with Crippen LogP contribution in [0.4, 0.5) is 0 Å². The summed E-state index contributed by atoms with van der Waals surface area (Å²) in [5, 5.41) is 9.95. The number of likely N-dealkylation sites (tertiary alicyclic amines) is 1. The van der Waals surface area contributed by atoms with Gasteiger partial charge < -0.3 is 19.5 Å². The van der Waals surface area contributed by atoms with Gasteiger partial charge in [-0.3, -0.25) is 9.69 Å². The molecule has 0 unspecified atom stereocenters. The van der Waals surface area contributed by atoms with Crippen molar-refractivity contribution in [2.45, 2.75) is 37.6 Å². The summed E-state index contributed by atoms with van der Waals surface area (Å²) in [4.78, 5) is 16.6. The van der Waals surface area contributed by atoms with Crippen LogP contribution in [0.2, 0.25) is 0 Å². The molecule has 1 aromatic carbocycles. The monoisotopic (exact) mass is 318 g/mol. The Morgan fingerprint density at radius 3 is 3.09 bits per heavy atom. The predicted octanol–water partition coefficient (Wildman–Crippen LogP) is 1.32. The highest BCUT2D eigenvalue weighted by atomic mass is 16.5. The van der Waals surface area contributed by atoms with E-state index in [0.29, 0.717) is 18.7 Å². The third kappa shape index (κ3) is 2.20. The fourth-order valence-corrected chi connectivity index (χ4v) is 4.29. The van der Waals surface area contributed by atoms with Gasteiger partial charge in [0.2, 0.25) is 5.91 Å². The maximum absolute atomic E-state index is 12.3. The largest absolute Gasteiger partial charge is 0.504 e. The van der Waals surface area contributed by atoms with Gasteiger partial charge in [0.25, 0.3) is 0 Å². The Balaban J connectivity index is 1.55. The zero-order chi connectivity index (χ0) is 16.0. The number of ether oxygens (including phenoxy) is 2. The third-order valence-corrected chi connectivity index (χ3v) is 5.35. The van der Waals surface area contributed by atoms with E-state index in [1.165, 1.54) is 7.11 Å². The SMILES string of the molecule is COc1ccc(CN2CC[C@@]34OCCCN3C(=O)C[C@@H]24)cc1O. The number of rotatable bonds is 3. The summed E-state index contributed by atoms with van der Waals surface area (Å²) in [6, 6.07) is 5.58. The van der Waals surface area contributed by atoms with Gasteiger partial charge in [-0.1, -0.05) is 6.07 Å². The van der Waals surface area contributed by atoms with Crippen LogP contribution in [0.1, 0.15) is 24.8 Å². The lowest BCUT2D eigenvalue weighted by molar-refractivity contribution is -0.180. The first-order chi connectivity index (χ1) is 11.1. The van der Waals surface area contributed by atoms with E-state index in [4.69, 9.17) is 9.47 Å². The number of methoxy groups -OCH3 is 1. The first kappa shape index (κ1) is 14.8. The maximum atomic E-state index is 12.3. The molecule has 3 aliphatic rings. The molecule has 1 N–H and O–H groups in total. The molecule has 6 nitrogen and oxygen atoms in total. The number of phenols is 1. The van der Waals surface area contributed by atoms with Gasteiger partial charge in [0.15, 0.2) is 17.2 Å². The van der Waals surface area contributed by atoms with Gasteiger partial charge in [-0.2, -0.15) is 0 Å². The van der Waals surface area contributed by atoms with Crippen molar-refractivity contribution >= 4 is 5.91 Å². The van der Waals surface area contributed by atoms with Crippen LogP contribution < -0.4 is 4.74 Å². The molecule has 0 aromatic heterocycles. The van der Waals surface area contributed by atoms with Gasteiger partial charge in [0, 0.05) is 32.5 Å². The predicted molar refractivity (Wildman–Crippen MR) is 83.1 cm³/mol. The van der Waals surface area contributed by atoms with E-state index < -0.39 is 5.72 Å². The smallest absolute Gasteiger partial charge is 0.226 e. The summed E-state index contributed by atoms with van der Waals surface area (Å²) in [5.41, 5.74) is 0.603. The topological polar surface area (TPSA) is 62.2 Å². The minimum atomic E-state index is -0.413. The normalized spacial score (nSPS) is 30.4. The van der Waals surface area contributed by atoms with Crippen LogP contribution in [0.3, 0.4) is 0 Å². The quantitative estimate of drug-likeness (QED) is 0.911. The van der Waals surface area contributed by atoms with Gasteiger partial charge in [0.05, 0.1) is 19.8 Å². The molecule has 3 fully saturated rings. The van der Waals surface area contributed by atoms with Crippen LogP contribution in [0.15, 0.2) is 18.2 Å². The molecule has 0 bridgehead atoms. The van der Waals surface area contributed by atoms with Crippen molar-refractivity contribution in [1.29, 1.82) is 0 Å². The van der Waals surface area contributed by atoms with Gasteiger partial charge in [-0.15, -0.1) is 0 Å². The first-order valence-corrected chi connectivity index (χ1v) is 8.18. The Kier molecular flexibility index (Phi) is 3.46. The standard InChI is InChI=1S/C17H22N2O4/c1-22-14-4-3-12(9-13(14)20)11-18-7-5-17-15(18)10-16(21)19(17)6-2-8-23-17/h3-4,9,15,20H,2,5-8,10-11H2,1H3/t15-,17+/m1/s1. The van der Waals surface area contributed by atoms with Crippen molar-refractivity contribution in [3.63, 3.8) is 0 Å². The van der Waals surface area contributed by atoms with Crippen LogP contribution in [-0.4, -0.2) is 59.4 Å². The number of nitrogens with zero attached hydrogens (tertiary/aromatic N) is 2. The molecule has 2 atom stereocenters. The van der Waals surface area contributed by atoms with E-state index in [-0.39, 0.29) is 17.7 Å². The van der Waals surface area contributed by atoms with Gasteiger partial charge in [-0.25, -0.2) is 0 Å². The number of amides is 1. The van der Waals surface area contributed by atoms with Crippen molar-refractivity contribution in [3.05, 3.63) is 23.8 Å². The molecule has 3 heterocycles. The highest BCUT2D eigenvalue weighted by molar-refractivity contribution is 5.81. The second kappa shape index (κ2) is 5.39. The van der Waals surface area contributed by atoms with E-state index in [2.05, 4.69) is 4.90 Å². The molecule has 4 rings (SSSR count). The minimum absolute atomic E-state index is 0.111. The molecule has 0 saturated carbocycles. The van der Waals surface area contributed by atoms with Gasteiger partial charge in [0.1, 0.15) is 0 Å². The number of benzene rings is 1. The highest BCUT2D eigenvalue weighted by Gasteiger charge is 2.60. The summed E-state index contributed by atoms with van der Waals surface area (Å²) in [7, 11) is 1.54. The summed E-state index contributed by atoms with van der Waals surface area (Å²) in [6.07, 6.45) is 2.32. The van der Waals surface area contributed by atoms with Crippen molar-refractivity contribution < 1.29 is 19.4 Å². The fourth-order valence-electron chi connectivity index (χ4n) is 4.29. The van der Waals surface area contributed by atoms with Crippen LogP contribution in [-0.2, 0) is 16.1 Å². The zero-order valence-corrected chi connectivity index (χ0v) is 13.3. The van der Waals surface area contributed by atoms with Crippen molar-refractivity contribution in [2.24, 2.45) is 0 Å². The molecule has 1 amide bonds. The first-order valence-electron chi connectivity index (χ1n) is 8.18. The third-order valence-electron chi connectivity index (χ3n) is 5.35. The van der Waals surface area contributed by atoms with E-state index in [9.17, 15) is 9.90 Å². The van der Waals surface area contributed by atoms with E-state index in [1.807, 2.05) is 11.0 Å². The van der Waals surface area contributed by atoms with Crippen LogP contribution in [0.25, 0.3) is 0 Å². The van der Waals surface area contributed by atoms with E-state index in [1.54, 1.807) is 12.1 Å². The number of hydrogen-bond donors (Lipinski definition) is 1. The highest BCUT2D eigenvalue weighted by Crippen LogP contribution is 2.45. The Hall–Kier alpha value is -1.79. The molecular weight excluding hydrogens is 296 g/mol. The van der Waals surface area contributed by atoms with E-state index in [0.717, 1.165) is 38.1 Å². The Labute approximate surface area is 135 Å². The second-order valence-corrected chi connectivity index (χ2v) is 6.54. The molecule has 1 aromatic rings. The Morgan fingerprint density at radius 1 is 1.43 bits per heavy atom. The van der Waals surface area contributed by atoms with Crippen LogP contribution >= 0.6 is 0 Å². The lowest BCUT2D eigenvalue weighted by Gasteiger charge is -2.42. The molecule has 6 heteroatoms. The molecule has 0 radical (unpaired) electrons. The van der Waals surface area contributed by atoms with Gasteiger partial charge in [-0.05, 0) is 24.1 Å². The molecule has 3 saturated heterocycles. The zero-order valence-electron chi connectivity index (χ0n) is 13.3. The number of aromatic hydroxyl groups is 1. The van der Waals surface area contributed by atoms with Crippen molar-refractivity contribution in [3.8, 4) is 11.5 Å². The molecular formula is C17H22N2O4. The lowest BCUT2D eigenvalue weighted by Crippen LogP contribution is -2.56. The molecule has 23 heavy (non-hydrogen) atoms. The Bertz CT molecular complexity index is 635. The molecule has 0 aliphatic carbocycles. The molecule has 124 valence electrons. The van der Waals surface area contributed by atoms with E-state index >= 15 is 0 Å². The molecule has 1 spiro atoms. The number of carbonyl (C=O) groups excluding carboxylic acids is 1. The summed E-state index contributed by atoms with van der Waals surface area (Å²) in [6.45, 7) is 3.15.